The predicted molar refractivity (Wildman–Crippen MR) is 76.2 cm³/mol. The molecule has 0 heterocycles. The first-order chi connectivity index (χ1) is 8.18. The van der Waals surface area contributed by atoms with Crippen molar-refractivity contribution in [3.05, 3.63) is 60.7 Å². The van der Waals surface area contributed by atoms with E-state index in [9.17, 15) is 0 Å². The first-order valence-electron chi connectivity index (χ1n) is 5.07. The van der Waals surface area contributed by atoms with E-state index in [4.69, 9.17) is 17.9 Å². The molecule has 0 unspecified atom stereocenters. The molecule has 0 aliphatic rings. The van der Waals surface area contributed by atoms with Crippen LogP contribution in [0.4, 0.5) is 0 Å². The molecule has 0 fully saturated rings. The predicted octanol–water partition coefficient (Wildman–Crippen LogP) is -0.133. The fourth-order valence-electron chi connectivity index (χ4n) is 1.07. The van der Waals surface area contributed by atoms with Crippen LogP contribution < -0.4 is 10.1 Å². The molecule has 86 valence electrons. The molecule has 0 bridgehead atoms. The van der Waals surface area contributed by atoms with Crippen LogP contribution in [-0.2, 0) is 0 Å². The maximum atomic E-state index is 8.34. The van der Waals surface area contributed by atoms with E-state index in [-0.39, 0.29) is 18.9 Å². The number of benzene rings is 2. The first-order valence-corrected chi connectivity index (χ1v) is 5.07. The Hall–Kier alpha value is -1.11. The number of hydrogen-bond acceptors (Lipinski definition) is 3. The molecule has 0 saturated carbocycles. The van der Waals surface area contributed by atoms with Crippen molar-refractivity contribution in [2.75, 3.05) is 0 Å². The topological polar surface area (TPSA) is 49.7 Å². The fourth-order valence-corrected chi connectivity index (χ4v) is 1.07. The second-order valence-electron chi connectivity index (χ2n) is 3.17. The van der Waals surface area contributed by atoms with Crippen LogP contribution in [0.1, 0.15) is 0 Å². The van der Waals surface area contributed by atoms with Gasteiger partial charge in [0.05, 0.1) is 0 Å². The van der Waals surface area contributed by atoms with Crippen LogP contribution in [0.25, 0.3) is 0 Å². The zero-order valence-electron chi connectivity index (χ0n) is 9.23. The van der Waals surface area contributed by atoms with E-state index < -0.39 is 7.32 Å². The molecule has 0 aliphatic carbocycles. The first kappa shape index (κ1) is 16.9. The third-order valence-corrected chi connectivity index (χ3v) is 1.78. The van der Waals surface area contributed by atoms with Crippen molar-refractivity contribution in [3.8, 4) is 5.75 Å². The van der Waals surface area contributed by atoms with Crippen molar-refractivity contribution in [2.45, 2.75) is 0 Å². The zero-order valence-corrected chi connectivity index (χ0v) is 9.23. The Kier molecular flexibility index (Phi) is 9.26. The molecular weight excluding hydrogens is 221 g/mol. The van der Waals surface area contributed by atoms with Crippen molar-refractivity contribution in [1.29, 1.82) is 0 Å². The van der Waals surface area contributed by atoms with Crippen LogP contribution in [0.3, 0.4) is 0 Å². The molecule has 0 aromatic heterocycles. The van der Waals surface area contributed by atoms with Gasteiger partial charge in [0, 0.05) is 0 Å². The van der Waals surface area contributed by atoms with Crippen LogP contribution in [-0.4, -0.2) is 44.1 Å². The molecule has 2 radical (unpaired) electrons. The summed E-state index contributed by atoms with van der Waals surface area (Å²) in [4.78, 5) is 0. The average molecular weight is 234 g/mol. The zero-order chi connectivity index (χ0) is 12.5. The quantitative estimate of drug-likeness (QED) is 0.711. The Balaban J connectivity index is 0.000000321. The van der Waals surface area contributed by atoms with Gasteiger partial charge < -0.3 is 14.7 Å². The minimum absolute atomic E-state index is 0. The summed E-state index contributed by atoms with van der Waals surface area (Å²) in [7, 11) is 3.62. The molecule has 2 N–H and O–H groups in total. The van der Waals surface area contributed by atoms with Gasteiger partial charge in [0.1, 0.15) is 13.6 Å². The number of rotatable bonds is 2. The molecule has 3 nitrogen and oxygen atoms in total. The van der Waals surface area contributed by atoms with Crippen molar-refractivity contribution in [3.63, 3.8) is 0 Å². The maximum absolute atomic E-state index is 8.34. The van der Waals surface area contributed by atoms with Gasteiger partial charge in [-0.2, -0.15) is 0 Å². The van der Waals surface area contributed by atoms with E-state index in [1.807, 2.05) is 36.4 Å². The molecule has 2 aromatic carbocycles. The summed E-state index contributed by atoms with van der Waals surface area (Å²) in [6, 6.07) is 18.1. The van der Waals surface area contributed by atoms with Crippen molar-refractivity contribution in [1.82, 2.24) is 0 Å². The molecule has 0 amide bonds. The molecular formula is C12H13B2LiO3. The third kappa shape index (κ3) is 8.05. The Morgan fingerprint density at radius 3 is 1.61 bits per heavy atom. The Labute approximate surface area is 121 Å². The summed E-state index contributed by atoms with van der Waals surface area (Å²) in [6.45, 7) is 0. The van der Waals surface area contributed by atoms with E-state index in [0.29, 0.717) is 5.75 Å². The average Bonchev–Trinajstić information content (AvgIpc) is 2.31. The summed E-state index contributed by atoms with van der Waals surface area (Å²) < 4.78 is 4.53. The van der Waals surface area contributed by atoms with Gasteiger partial charge in [-0.05, 0) is 12.1 Å². The standard InChI is InChI=1S/C6H7BO3.C6H5B.Li.H/c8-7(9)10-6-4-2-1-3-5-6;7-6-4-2-1-3-5-6;;/h1-5,8-9H;1-5H;;. The summed E-state index contributed by atoms with van der Waals surface area (Å²) in [5.41, 5.74) is 0.822. The van der Waals surface area contributed by atoms with E-state index in [2.05, 4.69) is 4.65 Å². The van der Waals surface area contributed by atoms with Gasteiger partial charge in [-0.3, -0.25) is 0 Å². The van der Waals surface area contributed by atoms with Crippen molar-refractivity contribution in [2.24, 2.45) is 0 Å². The third-order valence-electron chi connectivity index (χ3n) is 1.78. The summed E-state index contributed by atoms with van der Waals surface area (Å²) in [5, 5.41) is 16.7. The normalized spacial score (nSPS) is 8.33. The SMILES string of the molecule is OB(O)Oc1ccccc1.[B]c1ccccc1.[LiH]. The van der Waals surface area contributed by atoms with Gasteiger partial charge in [-0.25, -0.2) is 0 Å². The van der Waals surface area contributed by atoms with Crippen LogP contribution in [0, 0.1) is 0 Å². The molecule has 2 aromatic rings. The minimum atomic E-state index is -1.73. The van der Waals surface area contributed by atoms with Crippen LogP contribution in [0.2, 0.25) is 0 Å². The van der Waals surface area contributed by atoms with Gasteiger partial charge in [-0.15, -0.1) is 0 Å². The van der Waals surface area contributed by atoms with E-state index >= 15 is 0 Å². The molecule has 0 saturated heterocycles. The second-order valence-corrected chi connectivity index (χ2v) is 3.17. The van der Waals surface area contributed by atoms with Crippen molar-refractivity contribution < 1.29 is 14.7 Å². The van der Waals surface area contributed by atoms with Gasteiger partial charge >= 0.3 is 26.2 Å². The Morgan fingerprint density at radius 2 is 1.28 bits per heavy atom. The molecule has 2 rings (SSSR count). The van der Waals surface area contributed by atoms with Crippen LogP contribution >= 0.6 is 0 Å². The van der Waals surface area contributed by atoms with Crippen LogP contribution in [0.5, 0.6) is 5.75 Å². The van der Waals surface area contributed by atoms with Gasteiger partial charge in [-0.1, -0.05) is 54.0 Å². The fraction of sp³-hybridized carbons (Fsp3) is 0. The molecule has 0 spiro atoms. The summed E-state index contributed by atoms with van der Waals surface area (Å²) in [6.07, 6.45) is 0. The molecule has 0 atom stereocenters. The van der Waals surface area contributed by atoms with Gasteiger partial charge in [0.25, 0.3) is 0 Å². The number of hydrogen-bond donors (Lipinski definition) is 2. The van der Waals surface area contributed by atoms with E-state index in [0.717, 1.165) is 5.46 Å². The van der Waals surface area contributed by atoms with Gasteiger partial charge in [0.2, 0.25) is 0 Å². The summed E-state index contributed by atoms with van der Waals surface area (Å²) in [5.74, 6) is 0.442. The number of para-hydroxylation sites is 1. The Bertz CT molecular complexity index is 412. The van der Waals surface area contributed by atoms with Gasteiger partial charge in [0.15, 0.2) is 0 Å². The monoisotopic (exact) mass is 234 g/mol. The van der Waals surface area contributed by atoms with Crippen LogP contribution in [0.15, 0.2) is 60.7 Å². The van der Waals surface area contributed by atoms with E-state index in [1.54, 1.807) is 24.3 Å². The molecule has 0 aliphatic heterocycles. The summed E-state index contributed by atoms with van der Waals surface area (Å²) >= 11 is 0. The molecule has 18 heavy (non-hydrogen) atoms. The second kappa shape index (κ2) is 9.87. The van der Waals surface area contributed by atoms with Crippen molar-refractivity contribution >= 4 is 39.5 Å². The van der Waals surface area contributed by atoms with E-state index in [1.165, 1.54) is 0 Å². The molecule has 6 heteroatoms. The Morgan fingerprint density at radius 1 is 0.833 bits per heavy atom.